The molecule has 0 saturated heterocycles. The van der Waals surface area contributed by atoms with Crippen LogP contribution in [0.4, 0.5) is 0 Å². The smallest absolute Gasteiger partial charge is 0.251 e. The van der Waals surface area contributed by atoms with Gasteiger partial charge in [0.1, 0.15) is 0 Å². The van der Waals surface area contributed by atoms with Crippen molar-refractivity contribution in [3.63, 3.8) is 0 Å². The molecule has 6 nitrogen and oxygen atoms in total. The van der Waals surface area contributed by atoms with Gasteiger partial charge in [0.15, 0.2) is 0 Å². The number of nitrogens with one attached hydrogen (secondary N) is 3. The maximum Gasteiger partial charge on any atom is 0.251 e. The zero-order valence-electron chi connectivity index (χ0n) is 14.5. The third kappa shape index (κ3) is 6.43. The molecule has 0 bridgehead atoms. The van der Waals surface area contributed by atoms with Gasteiger partial charge in [-0.2, -0.15) is 0 Å². The molecule has 8 heteroatoms. The SMILES string of the molecule is CCC(C)NS(=O)(=O)c1ccc(C(=O)NCC2=CCNCC2)cc1.Cl. The molecule has 0 spiro atoms. The van der Waals surface area contributed by atoms with Crippen molar-refractivity contribution in [1.29, 1.82) is 0 Å². The van der Waals surface area contributed by atoms with Gasteiger partial charge in [-0.1, -0.05) is 18.6 Å². The van der Waals surface area contributed by atoms with Gasteiger partial charge in [0.05, 0.1) is 4.90 Å². The van der Waals surface area contributed by atoms with E-state index in [9.17, 15) is 13.2 Å². The quantitative estimate of drug-likeness (QED) is 0.623. The van der Waals surface area contributed by atoms with Crippen LogP contribution < -0.4 is 15.4 Å². The second kappa shape index (κ2) is 9.91. The second-order valence-corrected chi connectivity index (χ2v) is 7.67. The van der Waals surface area contributed by atoms with Gasteiger partial charge in [-0.05, 0) is 50.6 Å². The first-order valence-corrected chi connectivity index (χ1v) is 9.70. The van der Waals surface area contributed by atoms with E-state index in [1.165, 1.54) is 29.8 Å². The molecule has 1 heterocycles. The highest BCUT2D eigenvalue weighted by atomic mass is 35.5. The van der Waals surface area contributed by atoms with Crippen LogP contribution in [0, 0.1) is 0 Å². The Labute approximate surface area is 155 Å². The summed E-state index contributed by atoms with van der Waals surface area (Å²) in [7, 11) is -3.54. The molecular formula is C17H26ClN3O3S. The fourth-order valence-electron chi connectivity index (χ4n) is 2.33. The molecule has 140 valence electrons. The number of halogens is 1. The number of sulfonamides is 1. The van der Waals surface area contributed by atoms with Crippen LogP contribution in [0.3, 0.4) is 0 Å². The summed E-state index contributed by atoms with van der Waals surface area (Å²) >= 11 is 0. The van der Waals surface area contributed by atoms with Crippen LogP contribution in [0.5, 0.6) is 0 Å². The lowest BCUT2D eigenvalue weighted by Crippen LogP contribution is -2.32. The third-order valence-electron chi connectivity index (χ3n) is 4.03. The van der Waals surface area contributed by atoms with Gasteiger partial charge in [0, 0.05) is 24.7 Å². The van der Waals surface area contributed by atoms with Gasteiger partial charge in [-0.25, -0.2) is 13.1 Å². The summed E-state index contributed by atoms with van der Waals surface area (Å²) in [4.78, 5) is 12.3. The number of hydrogen-bond donors (Lipinski definition) is 3. The van der Waals surface area contributed by atoms with Crippen molar-refractivity contribution in [2.24, 2.45) is 0 Å². The summed E-state index contributed by atoms with van der Waals surface area (Å²) in [5, 5.41) is 6.09. The Bertz CT molecular complexity index is 702. The Kier molecular flexibility index (Phi) is 8.58. The minimum Gasteiger partial charge on any atom is -0.348 e. The van der Waals surface area contributed by atoms with Gasteiger partial charge in [0.25, 0.3) is 5.91 Å². The van der Waals surface area contributed by atoms with E-state index >= 15 is 0 Å². The molecule has 1 atom stereocenters. The Hall–Kier alpha value is -1.41. The highest BCUT2D eigenvalue weighted by Crippen LogP contribution is 2.12. The van der Waals surface area contributed by atoms with Crippen molar-refractivity contribution < 1.29 is 13.2 Å². The molecule has 0 radical (unpaired) electrons. The molecule has 1 aromatic carbocycles. The predicted octanol–water partition coefficient (Wildman–Crippen LogP) is 1.83. The molecule has 1 aliphatic rings. The fourth-order valence-corrected chi connectivity index (χ4v) is 3.65. The van der Waals surface area contributed by atoms with E-state index < -0.39 is 10.0 Å². The first-order chi connectivity index (χ1) is 11.4. The van der Waals surface area contributed by atoms with Crippen molar-refractivity contribution in [1.82, 2.24) is 15.4 Å². The molecule has 0 saturated carbocycles. The summed E-state index contributed by atoms with van der Waals surface area (Å²) in [6.45, 7) is 6.02. The molecule has 2 rings (SSSR count). The Morgan fingerprint density at radius 2 is 1.96 bits per heavy atom. The lowest BCUT2D eigenvalue weighted by molar-refractivity contribution is 0.0956. The number of carbonyl (C=O) groups is 1. The van der Waals surface area contributed by atoms with Crippen LogP contribution in [0.25, 0.3) is 0 Å². The molecule has 0 aliphatic carbocycles. The van der Waals surface area contributed by atoms with Gasteiger partial charge >= 0.3 is 0 Å². The van der Waals surface area contributed by atoms with E-state index in [2.05, 4.69) is 21.4 Å². The minimum absolute atomic E-state index is 0. The van der Waals surface area contributed by atoms with Gasteiger partial charge in [-0.15, -0.1) is 12.4 Å². The summed E-state index contributed by atoms with van der Waals surface area (Å²) in [5.74, 6) is -0.201. The van der Waals surface area contributed by atoms with Crippen LogP contribution in [-0.2, 0) is 10.0 Å². The molecule has 1 unspecified atom stereocenters. The number of benzene rings is 1. The number of carbonyl (C=O) groups excluding carboxylic acids is 1. The maximum absolute atomic E-state index is 12.2. The Balaban J connectivity index is 0.00000312. The highest BCUT2D eigenvalue weighted by Gasteiger charge is 2.17. The largest absolute Gasteiger partial charge is 0.348 e. The number of rotatable bonds is 7. The lowest BCUT2D eigenvalue weighted by atomic mass is 10.1. The van der Waals surface area contributed by atoms with Crippen LogP contribution in [0.15, 0.2) is 40.8 Å². The highest BCUT2D eigenvalue weighted by molar-refractivity contribution is 7.89. The van der Waals surface area contributed by atoms with Crippen molar-refractivity contribution >= 4 is 28.3 Å². The van der Waals surface area contributed by atoms with Crippen molar-refractivity contribution in [2.45, 2.75) is 37.6 Å². The van der Waals surface area contributed by atoms with Crippen LogP contribution in [-0.4, -0.2) is 40.0 Å². The zero-order valence-corrected chi connectivity index (χ0v) is 16.2. The lowest BCUT2D eigenvalue weighted by Gasteiger charge is -2.15. The first-order valence-electron chi connectivity index (χ1n) is 8.21. The van der Waals surface area contributed by atoms with Crippen LogP contribution in [0.2, 0.25) is 0 Å². The summed E-state index contributed by atoms with van der Waals surface area (Å²) in [6.07, 6.45) is 3.73. The monoisotopic (exact) mass is 387 g/mol. The molecule has 1 aromatic rings. The maximum atomic E-state index is 12.2. The fraction of sp³-hybridized carbons (Fsp3) is 0.471. The average Bonchev–Trinajstić information content (AvgIpc) is 2.60. The zero-order chi connectivity index (χ0) is 17.6. The minimum atomic E-state index is -3.54. The molecule has 3 N–H and O–H groups in total. The molecule has 1 amide bonds. The average molecular weight is 388 g/mol. The van der Waals surface area contributed by atoms with E-state index in [0.29, 0.717) is 18.5 Å². The van der Waals surface area contributed by atoms with Gasteiger partial charge in [-0.3, -0.25) is 4.79 Å². The van der Waals surface area contributed by atoms with Gasteiger partial charge in [0.2, 0.25) is 10.0 Å². The Morgan fingerprint density at radius 1 is 1.28 bits per heavy atom. The van der Waals surface area contributed by atoms with Crippen LogP contribution in [0.1, 0.15) is 37.0 Å². The Morgan fingerprint density at radius 3 is 2.52 bits per heavy atom. The van der Waals surface area contributed by atoms with E-state index in [4.69, 9.17) is 0 Å². The summed E-state index contributed by atoms with van der Waals surface area (Å²) in [5.41, 5.74) is 1.66. The summed E-state index contributed by atoms with van der Waals surface area (Å²) in [6, 6.07) is 5.87. The normalized spacial score (nSPS) is 15.7. The molecular weight excluding hydrogens is 362 g/mol. The second-order valence-electron chi connectivity index (χ2n) is 5.95. The number of hydrogen-bond acceptors (Lipinski definition) is 4. The third-order valence-corrected chi connectivity index (χ3v) is 5.63. The standard InChI is InChI=1S/C17H25N3O3S.ClH/c1-3-13(2)20-24(22,23)16-6-4-15(5-7-16)17(21)19-12-14-8-10-18-11-9-14;/h4-8,13,18,20H,3,9-12H2,1-2H3,(H,19,21);1H. The van der Waals surface area contributed by atoms with Crippen molar-refractivity contribution in [3.05, 3.63) is 41.5 Å². The van der Waals surface area contributed by atoms with E-state index in [0.717, 1.165) is 19.5 Å². The summed E-state index contributed by atoms with van der Waals surface area (Å²) < 4.78 is 27.0. The van der Waals surface area contributed by atoms with E-state index in [1.54, 1.807) is 0 Å². The van der Waals surface area contributed by atoms with Crippen LogP contribution >= 0.6 is 12.4 Å². The topological polar surface area (TPSA) is 87.3 Å². The van der Waals surface area contributed by atoms with E-state index in [-0.39, 0.29) is 29.3 Å². The molecule has 0 aromatic heterocycles. The van der Waals surface area contributed by atoms with E-state index in [1.807, 2.05) is 13.8 Å². The molecule has 25 heavy (non-hydrogen) atoms. The van der Waals surface area contributed by atoms with Crippen molar-refractivity contribution in [2.75, 3.05) is 19.6 Å². The van der Waals surface area contributed by atoms with Crippen molar-refractivity contribution in [3.8, 4) is 0 Å². The number of amides is 1. The van der Waals surface area contributed by atoms with Gasteiger partial charge < -0.3 is 10.6 Å². The predicted molar refractivity (Wildman–Crippen MR) is 102 cm³/mol. The molecule has 0 fully saturated rings. The molecule has 1 aliphatic heterocycles. The first kappa shape index (κ1) is 21.6.